The fourth-order valence-electron chi connectivity index (χ4n) is 4.86. The highest BCUT2D eigenvalue weighted by atomic mass is 14.7. The Balaban J connectivity index is 1.64. The molecule has 1 aromatic heterocycles. The quantitative estimate of drug-likeness (QED) is 0.357. The molecule has 4 aromatic rings. The Morgan fingerprint density at radius 3 is 2.14 bits per heavy atom. The summed E-state index contributed by atoms with van der Waals surface area (Å²) in [5, 5.41) is 0. The predicted molar refractivity (Wildman–Crippen MR) is 122 cm³/mol. The van der Waals surface area contributed by atoms with E-state index in [0.29, 0.717) is 0 Å². The van der Waals surface area contributed by atoms with Gasteiger partial charge < -0.3 is 0 Å². The third-order valence-corrected chi connectivity index (χ3v) is 6.40. The van der Waals surface area contributed by atoms with E-state index in [1.807, 2.05) is 0 Å². The summed E-state index contributed by atoms with van der Waals surface area (Å²) in [6, 6.07) is 26.3. The van der Waals surface area contributed by atoms with Gasteiger partial charge in [-0.2, -0.15) is 0 Å². The van der Waals surface area contributed by atoms with Crippen LogP contribution in [0, 0.1) is 13.8 Å². The molecule has 1 aliphatic carbocycles. The molecule has 1 heteroatoms. The molecule has 142 valence electrons. The normalized spacial score (nSPS) is 13.8. The average Bonchev–Trinajstić information content (AvgIpc) is 2.95. The predicted octanol–water partition coefficient (Wildman–Crippen LogP) is 7.34. The minimum Gasteiger partial charge on any atom is -0.256 e. The standard InChI is InChI=1S/C28H25N/c1-18-9-7-10-19(2)27(18)21-12-8-11-20(15-21)26-16-25-23(17-29-26)22-13-5-6-14-24(22)28(25,3)4/h5-17H,1-4H3. The van der Waals surface area contributed by atoms with Crippen molar-refractivity contribution in [3.8, 4) is 33.5 Å². The molecule has 0 spiro atoms. The van der Waals surface area contributed by atoms with Crippen molar-refractivity contribution in [2.75, 3.05) is 0 Å². The van der Waals surface area contributed by atoms with Crippen LogP contribution in [0.4, 0.5) is 0 Å². The highest BCUT2D eigenvalue weighted by molar-refractivity contribution is 5.82. The fraction of sp³-hybridized carbons (Fsp3) is 0.179. The third kappa shape index (κ3) is 2.73. The zero-order chi connectivity index (χ0) is 20.2. The molecule has 0 saturated heterocycles. The first-order chi connectivity index (χ1) is 14.0. The van der Waals surface area contributed by atoms with Gasteiger partial charge >= 0.3 is 0 Å². The van der Waals surface area contributed by atoms with Gasteiger partial charge in [0, 0.05) is 22.7 Å². The molecule has 1 heterocycles. The zero-order valence-corrected chi connectivity index (χ0v) is 17.5. The molecular weight excluding hydrogens is 350 g/mol. The summed E-state index contributed by atoms with van der Waals surface area (Å²) in [6.45, 7) is 8.99. The fourth-order valence-corrected chi connectivity index (χ4v) is 4.86. The molecule has 0 saturated carbocycles. The van der Waals surface area contributed by atoms with E-state index in [1.165, 1.54) is 50.1 Å². The van der Waals surface area contributed by atoms with Crippen LogP contribution in [0.2, 0.25) is 0 Å². The van der Waals surface area contributed by atoms with Crippen molar-refractivity contribution in [1.82, 2.24) is 4.98 Å². The molecule has 29 heavy (non-hydrogen) atoms. The second-order valence-electron chi connectivity index (χ2n) is 8.63. The summed E-state index contributed by atoms with van der Waals surface area (Å²) in [6.07, 6.45) is 2.06. The maximum Gasteiger partial charge on any atom is 0.0705 e. The van der Waals surface area contributed by atoms with Gasteiger partial charge in [0.1, 0.15) is 0 Å². The van der Waals surface area contributed by atoms with Crippen LogP contribution in [0.5, 0.6) is 0 Å². The lowest BCUT2D eigenvalue weighted by atomic mass is 9.82. The van der Waals surface area contributed by atoms with Gasteiger partial charge in [0.25, 0.3) is 0 Å². The number of hydrogen-bond donors (Lipinski definition) is 0. The summed E-state index contributed by atoms with van der Waals surface area (Å²) in [7, 11) is 0. The van der Waals surface area contributed by atoms with Crippen LogP contribution < -0.4 is 0 Å². The van der Waals surface area contributed by atoms with Crippen LogP contribution in [0.25, 0.3) is 33.5 Å². The molecule has 3 aromatic carbocycles. The summed E-state index contributed by atoms with van der Waals surface area (Å²) in [5.41, 5.74) is 12.7. The van der Waals surface area contributed by atoms with Crippen LogP contribution in [0.3, 0.4) is 0 Å². The van der Waals surface area contributed by atoms with E-state index < -0.39 is 0 Å². The monoisotopic (exact) mass is 375 g/mol. The van der Waals surface area contributed by atoms with Crippen LogP contribution in [-0.4, -0.2) is 4.98 Å². The molecule has 0 aliphatic heterocycles. The summed E-state index contributed by atoms with van der Waals surface area (Å²) in [5.74, 6) is 0. The second kappa shape index (κ2) is 6.42. The number of fused-ring (bicyclic) bond motifs is 3. The smallest absolute Gasteiger partial charge is 0.0705 e. The Kier molecular flexibility index (Phi) is 3.96. The maximum atomic E-state index is 4.86. The Bertz CT molecular complexity index is 1230. The van der Waals surface area contributed by atoms with Crippen molar-refractivity contribution >= 4 is 0 Å². The molecular formula is C28H25N. The lowest BCUT2D eigenvalue weighted by Crippen LogP contribution is -2.15. The van der Waals surface area contributed by atoms with E-state index in [0.717, 1.165) is 5.69 Å². The number of aromatic nitrogens is 1. The second-order valence-corrected chi connectivity index (χ2v) is 8.63. The van der Waals surface area contributed by atoms with E-state index in [4.69, 9.17) is 4.98 Å². The third-order valence-electron chi connectivity index (χ3n) is 6.40. The van der Waals surface area contributed by atoms with Crippen molar-refractivity contribution in [1.29, 1.82) is 0 Å². The van der Waals surface area contributed by atoms with Crippen molar-refractivity contribution < 1.29 is 0 Å². The number of rotatable bonds is 2. The SMILES string of the molecule is Cc1cccc(C)c1-c1cccc(-c2cc3c(cn2)-c2ccccc2C3(C)C)c1. The average molecular weight is 376 g/mol. The highest BCUT2D eigenvalue weighted by Gasteiger charge is 2.35. The van der Waals surface area contributed by atoms with Gasteiger partial charge in [0.2, 0.25) is 0 Å². The molecule has 0 radical (unpaired) electrons. The van der Waals surface area contributed by atoms with E-state index in [9.17, 15) is 0 Å². The Morgan fingerprint density at radius 2 is 1.34 bits per heavy atom. The zero-order valence-electron chi connectivity index (χ0n) is 17.5. The first-order valence-corrected chi connectivity index (χ1v) is 10.2. The molecule has 0 bridgehead atoms. The van der Waals surface area contributed by atoms with Gasteiger partial charge in [-0.3, -0.25) is 4.98 Å². The van der Waals surface area contributed by atoms with Gasteiger partial charge in [0.05, 0.1) is 5.69 Å². The van der Waals surface area contributed by atoms with Gasteiger partial charge in [-0.25, -0.2) is 0 Å². The summed E-state index contributed by atoms with van der Waals surface area (Å²) < 4.78 is 0. The first-order valence-electron chi connectivity index (χ1n) is 10.2. The van der Waals surface area contributed by atoms with Crippen LogP contribution in [0.1, 0.15) is 36.1 Å². The Labute approximate surface area is 173 Å². The van der Waals surface area contributed by atoms with Crippen molar-refractivity contribution in [2.45, 2.75) is 33.1 Å². The van der Waals surface area contributed by atoms with Crippen LogP contribution in [-0.2, 0) is 5.41 Å². The van der Waals surface area contributed by atoms with Crippen LogP contribution in [0.15, 0.2) is 79.0 Å². The number of hydrogen-bond acceptors (Lipinski definition) is 1. The highest BCUT2D eigenvalue weighted by Crippen LogP contribution is 2.49. The summed E-state index contributed by atoms with van der Waals surface area (Å²) in [4.78, 5) is 4.86. The van der Waals surface area contributed by atoms with E-state index in [1.54, 1.807) is 0 Å². The molecule has 0 N–H and O–H groups in total. The van der Waals surface area contributed by atoms with E-state index in [2.05, 4.69) is 107 Å². The van der Waals surface area contributed by atoms with Gasteiger partial charge in [-0.1, -0.05) is 74.5 Å². The number of benzene rings is 3. The molecule has 0 atom stereocenters. The molecule has 0 fully saturated rings. The Morgan fingerprint density at radius 1 is 0.655 bits per heavy atom. The topological polar surface area (TPSA) is 12.9 Å². The first kappa shape index (κ1) is 17.9. The van der Waals surface area contributed by atoms with E-state index >= 15 is 0 Å². The number of nitrogens with zero attached hydrogens (tertiary/aromatic N) is 1. The lowest BCUT2D eigenvalue weighted by molar-refractivity contribution is 0.660. The summed E-state index contributed by atoms with van der Waals surface area (Å²) >= 11 is 0. The van der Waals surface area contributed by atoms with E-state index in [-0.39, 0.29) is 5.41 Å². The molecule has 5 rings (SSSR count). The minimum absolute atomic E-state index is 0.00612. The molecule has 0 amide bonds. The van der Waals surface area contributed by atoms with Crippen molar-refractivity contribution in [3.63, 3.8) is 0 Å². The van der Waals surface area contributed by atoms with Crippen molar-refractivity contribution in [3.05, 3.63) is 101 Å². The van der Waals surface area contributed by atoms with Crippen LogP contribution >= 0.6 is 0 Å². The van der Waals surface area contributed by atoms with Crippen molar-refractivity contribution in [2.24, 2.45) is 0 Å². The van der Waals surface area contributed by atoms with Gasteiger partial charge in [-0.15, -0.1) is 0 Å². The number of pyridine rings is 1. The lowest BCUT2D eigenvalue weighted by Gasteiger charge is -2.21. The minimum atomic E-state index is -0.00612. The van der Waals surface area contributed by atoms with Gasteiger partial charge in [0.15, 0.2) is 0 Å². The number of aryl methyl sites for hydroxylation is 2. The molecule has 1 aliphatic rings. The largest absolute Gasteiger partial charge is 0.256 e. The molecule has 0 unspecified atom stereocenters. The molecule has 1 nitrogen and oxygen atoms in total. The Hall–Kier alpha value is -3.19. The maximum absolute atomic E-state index is 4.86. The van der Waals surface area contributed by atoms with Gasteiger partial charge in [-0.05, 0) is 64.9 Å².